The SMILES string of the molecule is CC(C)C(=O)OCc1nnc(-c2ccc(N3CCC(Oc4cc(F)ccc4Cl)CC3)cc2)o1. The zero-order chi connectivity index (χ0) is 23.4. The topological polar surface area (TPSA) is 77.7 Å². The number of rotatable bonds is 7. The Morgan fingerprint density at radius 3 is 2.61 bits per heavy atom. The van der Waals surface area contributed by atoms with Gasteiger partial charge < -0.3 is 18.8 Å². The number of piperidine rings is 1. The minimum Gasteiger partial charge on any atom is -0.489 e. The number of halogens is 2. The van der Waals surface area contributed by atoms with Crippen LogP contribution in [0.25, 0.3) is 11.5 Å². The van der Waals surface area contributed by atoms with Gasteiger partial charge in [0.05, 0.1) is 10.9 Å². The van der Waals surface area contributed by atoms with Crippen LogP contribution in [0.4, 0.5) is 10.1 Å². The van der Waals surface area contributed by atoms with Gasteiger partial charge in [0.25, 0.3) is 5.89 Å². The van der Waals surface area contributed by atoms with Gasteiger partial charge in [-0.05, 0) is 36.4 Å². The molecule has 0 aliphatic carbocycles. The molecular weight excluding hydrogens is 449 g/mol. The summed E-state index contributed by atoms with van der Waals surface area (Å²) in [5.74, 6) is 0.122. The minimum atomic E-state index is -0.364. The molecule has 0 unspecified atom stereocenters. The number of esters is 1. The number of carbonyl (C=O) groups excluding carboxylic acids is 1. The molecule has 1 aliphatic heterocycles. The molecule has 33 heavy (non-hydrogen) atoms. The van der Waals surface area contributed by atoms with Crippen molar-refractivity contribution < 1.29 is 23.1 Å². The quantitative estimate of drug-likeness (QED) is 0.432. The highest BCUT2D eigenvalue weighted by Crippen LogP contribution is 2.30. The van der Waals surface area contributed by atoms with E-state index in [9.17, 15) is 9.18 Å². The van der Waals surface area contributed by atoms with Crippen LogP contribution in [-0.2, 0) is 16.1 Å². The van der Waals surface area contributed by atoms with Gasteiger partial charge in [0.2, 0.25) is 5.89 Å². The van der Waals surface area contributed by atoms with Crippen LogP contribution >= 0.6 is 11.6 Å². The third-order valence-corrected chi connectivity index (χ3v) is 5.70. The minimum absolute atomic E-state index is 0.0126. The van der Waals surface area contributed by atoms with Crippen molar-refractivity contribution in [2.75, 3.05) is 18.0 Å². The standard InChI is InChI=1S/C24H25ClFN3O4/c1-15(2)24(30)31-14-22-27-28-23(33-22)16-3-6-18(7-4-16)29-11-9-19(10-12-29)32-21-13-17(26)5-8-20(21)25/h3-8,13,15,19H,9-12,14H2,1-2H3. The van der Waals surface area contributed by atoms with Crippen LogP contribution in [0.5, 0.6) is 5.75 Å². The van der Waals surface area contributed by atoms with E-state index in [2.05, 4.69) is 15.1 Å². The van der Waals surface area contributed by atoms with Gasteiger partial charge >= 0.3 is 5.97 Å². The van der Waals surface area contributed by atoms with Gasteiger partial charge in [-0.2, -0.15) is 0 Å². The van der Waals surface area contributed by atoms with Crippen molar-refractivity contribution in [2.24, 2.45) is 5.92 Å². The maximum absolute atomic E-state index is 13.5. The lowest BCUT2D eigenvalue weighted by molar-refractivity contribution is -0.149. The highest BCUT2D eigenvalue weighted by molar-refractivity contribution is 6.32. The van der Waals surface area contributed by atoms with Crippen molar-refractivity contribution in [3.8, 4) is 17.2 Å². The van der Waals surface area contributed by atoms with E-state index in [4.69, 9.17) is 25.5 Å². The Hall–Kier alpha value is -3.13. The lowest BCUT2D eigenvalue weighted by atomic mass is 10.1. The molecular formula is C24H25ClFN3O4. The highest BCUT2D eigenvalue weighted by atomic mass is 35.5. The summed E-state index contributed by atoms with van der Waals surface area (Å²) in [6, 6.07) is 12.0. The van der Waals surface area contributed by atoms with Crippen LogP contribution in [0.15, 0.2) is 46.9 Å². The average molecular weight is 474 g/mol. The number of hydrogen-bond donors (Lipinski definition) is 0. The lowest BCUT2D eigenvalue weighted by Crippen LogP contribution is -2.38. The predicted octanol–water partition coefficient (Wildman–Crippen LogP) is 5.28. The maximum atomic E-state index is 13.5. The van der Waals surface area contributed by atoms with Gasteiger partial charge in [-0.25, -0.2) is 4.39 Å². The van der Waals surface area contributed by atoms with E-state index in [0.717, 1.165) is 37.2 Å². The largest absolute Gasteiger partial charge is 0.489 e. The Bertz CT molecular complexity index is 1100. The molecule has 1 fully saturated rings. The smallest absolute Gasteiger partial charge is 0.308 e. The Labute approximate surface area is 196 Å². The van der Waals surface area contributed by atoms with Gasteiger partial charge in [0.1, 0.15) is 17.7 Å². The van der Waals surface area contributed by atoms with Crippen molar-refractivity contribution in [3.05, 3.63) is 59.2 Å². The number of anilines is 1. The molecule has 0 N–H and O–H groups in total. The van der Waals surface area contributed by atoms with Gasteiger partial charge in [-0.15, -0.1) is 10.2 Å². The summed E-state index contributed by atoms with van der Waals surface area (Å²) < 4.78 is 30.1. The van der Waals surface area contributed by atoms with E-state index in [1.807, 2.05) is 24.3 Å². The molecule has 1 aliphatic rings. The molecule has 174 valence electrons. The number of nitrogens with zero attached hydrogens (tertiary/aromatic N) is 3. The molecule has 1 saturated heterocycles. The first-order valence-electron chi connectivity index (χ1n) is 10.8. The second kappa shape index (κ2) is 10.2. The number of benzene rings is 2. The molecule has 0 radical (unpaired) electrons. The van der Waals surface area contributed by atoms with Crippen molar-refractivity contribution >= 4 is 23.3 Å². The van der Waals surface area contributed by atoms with Crippen LogP contribution in [-0.4, -0.2) is 35.4 Å². The molecule has 9 heteroatoms. The van der Waals surface area contributed by atoms with E-state index in [1.165, 1.54) is 18.2 Å². The van der Waals surface area contributed by atoms with Crippen molar-refractivity contribution in [1.82, 2.24) is 10.2 Å². The van der Waals surface area contributed by atoms with Crippen LogP contribution in [0, 0.1) is 11.7 Å². The summed E-state index contributed by atoms with van der Waals surface area (Å²) in [6.07, 6.45) is 1.59. The zero-order valence-corrected chi connectivity index (χ0v) is 19.2. The summed E-state index contributed by atoms with van der Waals surface area (Å²) in [4.78, 5) is 13.8. The molecule has 0 spiro atoms. The van der Waals surface area contributed by atoms with E-state index in [1.54, 1.807) is 13.8 Å². The summed E-state index contributed by atoms with van der Waals surface area (Å²) in [6.45, 7) is 5.10. The Kier molecular flexibility index (Phi) is 7.13. The normalized spacial score (nSPS) is 14.5. The van der Waals surface area contributed by atoms with Gasteiger partial charge in [-0.3, -0.25) is 4.79 Å². The van der Waals surface area contributed by atoms with E-state index < -0.39 is 0 Å². The van der Waals surface area contributed by atoms with E-state index in [-0.39, 0.29) is 36.3 Å². The molecule has 0 atom stereocenters. The van der Waals surface area contributed by atoms with Crippen LogP contribution in [0.1, 0.15) is 32.6 Å². The highest BCUT2D eigenvalue weighted by Gasteiger charge is 2.22. The molecule has 2 heterocycles. The Morgan fingerprint density at radius 2 is 1.91 bits per heavy atom. The summed E-state index contributed by atoms with van der Waals surface area (Å²) in [5.41, 5.74) is 1.86. The number of aromatic nitrogens is 2. The first kappa shape index (κ1) is 23.0. The second-order valence-electron chi connectivity index (χ2n) is 8.19. The number of carbonyl (C=O) groups is 1. The summed E-state index contributed by atoms with van der Waals surface area (Å²) >= 11 is 6.11. The van der Waals surface area contributed by atoms with Crippen LogP contribution in [0.3, 0.4) is 0 Å². The van der Waals surface area contributed by atoms with Crippen molar-refractivity contribution in [2.45, 2.75) is 39.4 Å². The van der Waals surface area contributed by atoms with Gasteiger partial charge in [-0.1, -0.05) is 25.4 Å². The average Bonchev–Trinajstić information content (AvgIpc) is 3.29. The van der Waals surface area contributed by atoms with Crippen molar-refractivity contribution in [1.29, 1.82) is 0 Å². The molecule has 0 bridgehead atoms. The van der Waals surface area contributed by atoms with Crippen LogP contribution < -0.4 is 9.64 Å². The Balaban J connectivity index is 1.31. The fourth-order valence-corrected chi connectivity index (χ4v) is 3.68. The summed E-state index contributed by atoms with van der Waals surface area (Å²) in [5, 5.41) is 8.39. The second-order valence-corrected chi connectivity index (χ2v) is 8.60. The third kappa shape index (κ3) is 5.82. The molecule has 7 nitrogen and oxygen atoms in total. The summed E-state index contributed by atoms with van der Waals surface area (Å²) in [7, 11) is 0. The lowest BCUT2D eigenvalue weighted by Gasteiger charge is -2.34. The zero-order valence-electron chi connectivity index (χ0n) is 18.5. The van der Waals surface area contributed by atoms with Gasteiger partial charge in [0.15, 0.2) is 6.61 Å². The molecule has 0 amide bonds. The molecule has 1 aromatic heterocycles. The molecule has 3 aromatic rings. The van der Waals surface area contributed by atoms with Gasteiger partial charge in [0, 0.05) is 43.2 Å². The van der Waals surface area contributed by atoms with E-state index in [0.29, 0.717) is 16.7 Å². The third-order valence-electron chi connectivity index (χ3n) is 5.38. The van der Waals surface area contributed by atoms with Crippen LogP contribution in [0.2, 0.25) is 5.02 Å². The predicted molar refractivity (Wildman–Crippen MR) is 122 cm³/mol. The maximum Gasteiger partial charge on any atom is 0.308 e. The number of ether oxygens (including phenoxy) is 2. The fraction of sp³-hybridized carbons (Fsp3) is 0.375. The first-order chi connectivity index (χ1) is 15.9. The number of hydrogen-bond acceptors (Lipinski definition) is 7. The van der Waals surface area contributed by atoms with Crippen molar-refractivity contribution in [3.63, 3.8) is 0 Å². The fourth-order valence-electron chi connectivity index (χ4n) is 3.52. The Morgan fingerprint density at radius 1 is 1.18 bits per heavy atom. The monoisotopic (exact) mass is 473 g/mol. The molecule has 0 saturated carbocycles. The molecule has 4 rings (SSSR count). The van der Waals surface area contributed by atoms with E-state index >= 15 is 0 Å². The molecule has 2 aromatic carbocycles. The first-order valence-corrected chi connectivity index (χ1v) is 11.2.